The number of anilines is 1. The molecule has 0 radical (unpaired) electrons. The molecule has 0 unspecified atom stereocenters. The number of hydrogen-bond acceptors (Lipinski definition) is 1. The molecule has 17 heavy (non-hydrogen) atoms. The Hall–Kier alpha value is -2.29. The highest BCUT2D eigenvalue weighted by molar-refractivity contribution is 5.94. The van der Waals surface area contributed by atoms with Gasteiger partial charge in [-0.1, -0.05) is 42.5 Å². The molecule has 2 amide bonds. The Balaban J connectivity index is 2.55. The lowest BCUT2D eigenvalue weighted by molar-refractivity contribution is 0.259. The highest BCUT2D eigenvalue weighted by Crippen LogP contribution is 2.30. The van der Waals surface area contributed by atoms with Crippen LogP contribution in [0.2, 0.25) is 0 Å². The number of carbonyl (C=O) groups is 1. The minimum absolute atomic E-state index is 0.548. The summed E-state index contributed by atoms with van der Waals surface area (Å²) < 4.78 is 0. The summed E-state index contributed by atoms with van der Waals surface area (Å²) in [6.45, 7) is 2.01. The first-order valence-corrected chi connectivity index (χ1v) is 5.40. The highest BCUT2D eigenvalue weighted by atomic mass is 16.2. The first-order chi connectivity index (χ1) is 8.18. The number of urea groups is 1. The molecule has 0 aliphatic heterocycles. The second-order valence-electron chi connectivity index (χ2n) is 3.85. The molecular formula is C14H14N2O. The van der Waals surface area contributed by atoms with E-state index in [9.17, 15) is 4.79 Å². The van der Waals surface area contributed by atoms with Crippen molar-refractivity contribution < 1.29 is 4.79 Å². The number of aryl methyl sites for hydroxylation is 1. The van der Waals surface area contributed by atoms with Crippen molar-refractivity contribution >= 4 is 11.7 Å². The predicted octanol–water partition coefficient (Wildman–Crippen LogP) is 3.15. The van der Waals surface area contributed by atoms with Gasteiger partial charge in [-0.3, -0.25) is 0 Å². The quantitative estimate of drug-likeness (QED) is 0.812. The van der Waals surface area contributed by atoms with Gasteiger partial charge in [-0.05, 0) is 24.1 Å². The van der Waals surface area contributed by atoms with Gasteiger partial charge < -0.3 is 11.1 Å². The van der Waals surface area contributed by atoms with Gasteiger partial charge in [0.25, 0.3) is 0 Å². The summed E-state index contributed by atoms with van der Waals surface area (Å²) in [5.74, 6) is 0. The standard InChI is InChI=1S/C14H14N2O/c1-10-6-5-9-12(16-14(15)17)13(10)11-7-3-2-4-8-11/h2-9H,1H3,(H3,15,16,17). The molecule has 2 aromatic carbocycles. The molecule has 0 aromatic heterocycles. The molecule has 0 aliphatic carbocycles. The van der Waals surface area contributed by atoms with E-state index in [1.807, 2.05) is 55.5 Å². The molecule has 2 aromatic rings. The second kappa shape index (κ2) is 4.70. The van der Waals surface area contributed by atoms with Gasteiger partial charge >= 0.3 is 6.03 Å². The summed E-state index contributed by atoms with van der Waals surface area (Å²) in [5, 5.41) is 2.65. The van der Waals surface area contributed by atoms with E-state index in [4.69, 9.17) is 5.73 Å². The third-order valence-corrected chi connectivity index (χ3v) is 2.59. The number of primary amides is 1. The summed E-state index contributed by atoms with van der Waals surface area (Å²) in [4.78, 5) is 11.0. The van der Waals surface area contributed by atoms with E-state index >= 15 is 0 Å². The average molecular weight is 226 g/mol. The van der Waals surface area contributed by atoms with Gasteiger partial charge in [-0.25, -0.2) is 4.79 Å². The third kappa shape index (κ3) is 2.45. The molecule has 0 saturated carbocycles. The van der Waals surface area contributed by atoms with E-state index in [0.717, 1.165) is 22.4 Å². The minimum Gasteiger partial charge on any atom is -0.351 e. The van der Waals surface area contributed by atoms with Gasteiger partial charge in [0.15, 0.2) is 0 Å². The Morgan fingerprint density at radius 2 is 1.76 bits per heavy atom. The summed E-state index contributed by atoms with van der Waals surface area (Å²) in [7, 11) is 0. The van der Waals surface area contributed by atoms with Crippen molar-refractivity contribution in [2.75, 3.05) is 5.32 Å². The highest BCUT2D eigenvalue weighted by Gasteiger charge is 2.08. The van der Waals surface area contributed by atoms with Gasteiger partial charge in [0.1, 0.15) is 0 Å². The van der Waals surface area contributed by atoms with Crippen molar-refractivity contribution in [3.8, 4) is 11.1 Å². The summed E-state index contributed by atoms with van der Waals surface area (Å²) in [5.41, 5.74) is 9.08. The fourth-order valence-electron chi connectivity index (χ4n) is 1.89. The largest absolute Gasteiger partial charge is 0.351 e. The van der Waals surface area contributed by atoms with Crippen LogP contribution in [0.4, 0.5) is 10.5 Å². The van der Waals surface area contributed by atoms with E-state index in [-0.39, 0.29) is 0 Å². The van der Waals surface area contributed by atoms with E-state index in [1.165, 1.54) is 0 Å². The van der Waals surface area contributed by atoms with Crippen molar-refractivity contribution in [3.05, 3.63) is 54.1 Å². The SMILES string of the molecule is Cc1cccc(NC(N)=O)c1-c1ccccc1. The molecule has 0 saturated heterocycles. The van der Waals surface area contributed by atoms with Crippen LogP contribution in [0, 0.1) is 6.92 Å². The van der Waals surface area contributed by atoms with Gasteiger partial charge in [-0.15, -0.1) is 0 Å². The second-order valence-corrected chi connectivity index (χ2v) is 3.85. The number of amides is 2. The zero-order valence-corrected chi connectivity index (χ0v) is 9.60. The maximum Gasteiger partial charge on any atom is 0.316 e. The Bertz CT molecular complexity index is 535. The Kier molecular flexibility index (Phi) is 3.10. The first-order valence-electron chi connectivity index (χ1n) is 5.40. The van der Waals surface area contributed by atoms with Crippen LogP contribution in [-0.4, -0.2) is 6.03 Å². The van der Waals surface area contributed by atoms with Gasteiger partial charge in [0.05, 0.1) is 5.69 Å². The molecule has 0 aliphatic rings. The van der Waals surface area contributed by atoms with E-state index < -0.39 is 6.03 Å². The molecule has 0 fully saturated rings. The fraction of sp³-hybridized carbons (Fsp3) is 0.0714. The van der Waals surface area contributed by atoms with E-state index in [1.54, 1.807) is 0 Å². The summed E-state index contributed by atoms with van der Waals surface area (Å²) in [6.07, 6.45) is 0. The topological polar surface area (TPSA) is 55.1 Å². The molecule has 0 heterocycles. The van der Waals surface area contributed by atoms with Crippen molar-refractivity contribution in [2.45, 2.75) is 6.92 Å². The lowest BCUT2D eigenvalue weighted by Crippen LogP contribution is -2.19. The van der Waals surface area contributed by atoms with Crippen molar-refractivity contribution in [3.63, 3.8) is 0 Å². The Morgan fingerprint density at radius 1 is 1.06 bits per heavy atom. The van der Waals surface area contributed by atoms with Crippen LogP contribution in [0.3, 0.4) is 0 Å². The summed E-state index contributed by atoms with van der Waals surface area (Å²) >= 11 is 0. The number of nitrogens with one attached hydrogen (secondary N) is 1. The average Bonchev–Trinajstić information content (AvgIpc) is 2.29. The van der Waals surface area contributed by atoms with Crippen LogP contribution < -0.4 is 11.1 Å². The molecule has 2 rings (SSSR count). The number of benzene rings is 2. The molecule has 3 N–H and O–H groups in total. The summed E-state index contributed by atoms with van der Waals surface area (Å²) in [6, 6.07) is 15.1. The van der Waals surface area contributed by atoms with E-state index in [0.29, 0.717) is 0 Å². The Morgan fingerprint density at radius 3 is 2.41 bits per heavy atom. The van der Waals surface area contributed by atoms with Crippen molar-refractivity contribution in [1.82, 2.24) is 0 Å². The van der Waals surface area contributed by atoms with Crippen LogP contribution in [0.1, 0.15) is 5.56 Å². The number of nitrogens with two attached hydrogens (primary N) is 1. The predicted molar refractivity (Wildman–Crippen MR) is 69.8 cm³/mol. The molecule has 3 nitrogen and oxygen atoms in total. The third-order valence-electron chi connectivity index (χ3n) is 2.59. The Labute approximate surface area is 100 Å². The zero-order valence-electron chi connectivity index (χ0n) is 9.60. The lowest BCUT2D eigenvalue weighted by atomic mass is 9.98. The zero-order chi connectivity index (χ0) is 12.3. The minimum atomic E-state index is -0.548. The number of rotatable bonds is 2. The van der Waals surface area contributed by atoms with Crippen LogP contribution in [0.25, 0.3) is 11.1 Å². The molecule has 0 spiro atoms. The van der Waals surface area contributed by atoms with Gasteiger partial charge in [0, 0.05) is 5.56 Å². The monoisotopic (exact) mass is 226 g/mol. The molecule has 86 valence electrons. The lowest BCUT2D eigenvalue weighted by Gasteiger charge is -2.12. The number of hydrogen-bond donors (Lipinski definition) is 2. The molecule has 0 atom stereocenters. The molecule has 3 heteroatoms. The van der Waals surface area contributed by atoms with Crippen LogP contribution in [0.5, 0.6) is 0 Å². The van der Waals surface area contributed by atoms with Crippen LogP contribution >= 0.6 is 0 Å². The maximum atomic E-state index is 11.0. The first kappa shape index (κ1) is 11.2. The normalized spacial score (nSPS) is 9.94. The molecule has 0 bridgehead atoms. The van der Waals surface area contributed by atoms with Crippen molar-refractivity contribution in [2.24, 2.45) is 5.73 Å². The van der Waals surface area contributed by atoms with Gasteiger partial charge in [-0.2, -0.15) is 0 Å². The van der Waals surface area contributed by atoms with E-state index in [2.05, 4.69) is 5.32 Å². The van der Waals surface area contributed by atoms with Gasteiger partial charge in [0.2, 0.25) is 0 Å². The van der Waals surface area contributed by atoms with Crippen LogP contribution in [0.15, 0.2) is 48.5 Å². The van der Waals surface area contributed by atoms with Crippen LogP contribution in [-0.2, 0) is 0 Å². The smallest absolute Gasteiger partial charge is 0.316 e. The number of carbonyl (C=O) groups excluding carboxylic acids is 1. The fourth-order valence-corrected chi connectivity index (χ4v) is 1.89. The maximum absolute atomic E-state index is 11.0. The van der Waals surface area contributed by atoms with Crippen molar-refractivity contribution in [1.29, 1.82) is 0 Å². The molecular weight excluding hydrogens is 212 g/mol.